The van der Waals surface area contributed by atoms with Crippen LogP contribution in [-0.4, -0.2) is 35.4 Å². The Morgan fingerprint density at radius 1 is 1.12 bits per heavy atom. The summed E-state index contributed by atoms with van der Waals surface area (Å²) in [4.78, 5) is 28.5. The SMILES string of the molecule is COc1cc(C)c(/C(O)=C2/C(=O)C(=O)N(CCc3ccc(F)cc3)C2c2cccs2)cc1C. The Labute approximate surface area is 195 Å². The Hall–Kier alpha value is -3.45. The summed E-state index contributed by atoms with van der Waals surface area (Å²) in [6.07, 6.45) is 0.454. The van der Waals surface area contributed by atoms with E-state index < -0.39 is 17.7 Å². The van der Waals surface area contributed by atoms with Crippen LogP contribution in [0, 0.1) is 19.7 Å². The van der Waals surface area contributed by atoms with Gasteiger partial charge in [0, 0.05) is 17.0 Å². The van der Waals surface area contributed by atoms with Gasteiger partial charge in [-0.1, -0.05) is 18.2 Å². The average Bonchev–Trinajstić information content (AvgIpc) is 3.41. The number of carbonyl (C=O) groups is 2. The van der Waals surface area contributed by atoms with Crippen LogP contribution < -0.4 is 4.74 Å². The number of halogens is 1. The normalized spacial score (nSPS) is 17.6. The number of hydrogen-bond acceptors (Lipinski definition) is 5. The quantitative estimate of drug-likeness (QED) is 0.310. The predicted octanol–water partition coefficient (Wildman–Crippen LogP) is 5.18. The standard InChI is InChI=1S/C26H24FNO4S/c1-15-14-20(32-3)16(2)13-19(15)24(29)22-23(21-5-4-12-33-21)28(26(31)25(22)30)11-10-17-6-8-18(27)9-7-17/h4-9,12-14,23,29H,10-11H2,1-3H3/b24-22-. The third-order valence-corrected chi connectivity index (χ3v) is 6.83. The molecule has 0 radical (unpaired) electrons. The monoisotopic (exact) mass is 465 g/mol. The molecule has 1 unspecified atom stereocenters. The molecule has 0 bridgehead atoms. The summed E-state index contributed by atoms with van der Waals surface area (Å²) < 4.78 is 18.6. The number of benzene rings is 2. The molecule has 170 valence electrons. The fourth-order valence-corrected chi connectivity index (χ4v) is 5.01. The van der Waals surface area contributed by atoms with Gasteiger partial charge >= 0.3 is 0 Å². The van der Waals surface area contributed by atoms with Crippen molar-refractivity contribution < 1.29 is 23.8 Å². The fraction of sp³-hybridized carbons (Fsp3) is 0.231. The summed E-state index contributed by atoms with van der Waals surface area (Å²) in [5, 5.41) is 13.2. The molecule has 1 amide bonds. The third kappa shape index (κ3) is 4.28. The van der Waals surface area contributed by atoms with Crippen molar-refractivity contribution in [2.24, 2.45) is 0 Å². The Morgan fingerprint density at radius 2 is 1.85 bits per heavy atom. The summed E-state index contributed by atoms with van der Waals surface area (Å²) >= 11 is 1.42. The van der Waals surface area contributed by atoms with Gasteiger partial charge in [0.25, 0.3) is 11.7 Å². The molecule has 1 aromatic heterocycles. The van der Waals surface area contributed by atoms with Gasteiger partial charge in [-0.25, -0.2) is 4.39 Å². The highest BCUT2D eigenvalue weighted by atomic mass is 32.1. The van der Waals surface area contributed by atoms with E-state index in [1.165, 1.54) is 28.4 Å². The molecule has 0 aliphatic carbocycles. The van der Waals surface area contributed by atoms with Crippen LogP contribution in [0.1, 0.15) is 33.2 Å². The zero-order chi connectivity index (χ0) is 23.7. The van der Waals surface area contributed by atoms with Gasteiger partial charge in [0.15, 0.2) is 0 Å². The van der Waals surface area contributed by atoms with Crippen molar-refractivity contribution >= 4 is 28.8 Å². The Bertz CT molecular complexity index is 1230. The second-order valence-electron chi connectivity index (χ2n) is 8.02. The number of carbonyl (C=O) groups excluding carboxylic acids is 2. The number of Topliss-reactive ketones (excluding diaryl/α,β-unsaturated/α-hetero) is 1. The van der Waals surface area contributed by atoms with E-state index in [0.29, 0.717) is 17.7 Å². The van der Waals surface area contributed by atoms with E-state index in [2.05, 4.69) is 0 Å². The van der Waals surface area contributed by atoms with Crippen LogP contribution in [0.3, 0.4) is 0 Å². The maximum absolute atomic E-state index is 13.2. The minimum absolute atomic E-state index is 0.0780. The zero-order valence-corrected chi connectivity index (χ0v) is 19.4. The zero-order valence-electron chi connectivity index (χ0n) is 18.6. The Balaban J connectivity index is 1.77. The number of thiophene rings is 1. The van der Waals surface area contributed by atoms with Gasteiger partial charge in [-0.3, -0.25) is 9.59 Å². The molecule has 1 atom stereocenters. The Kier molecular flexibility index (Phi) is 6.33. The van der Waals surface area contributed by atoms with Crippen molar-refractivity contribution in [3.8, 4) is 5.75 Å². The summed E-state index contributed by atoms with van der Waals surface area (Å²) in [6, 6.07) is 12.6. The average molecular weight is 466 g/mol. The van der Waals surface area contributed by atoms with Crippen LogP contribution in [-0.2, 0) is 16.0 Å². The third-order valence-electron chi connectivity index (χ3n) is 5.90. The van der Waals surface area contributed by atoms with Gasteiger partial charge in [0.2, 0.25) is 0 Å². The van der Waals surface area contributed by atoms with Gasteiger partial charge in [0.05, 0.1) is 18.7 Å². The lowest BCUT2D eigenvalue weighted by atomic mass is 9.96. The van der Waals surface area contributed by atoms with Crippen molar-refractivity contribution in [2.75, 3.05) is 13.7 Å². The predicted molar refractivity (Wildman–Crippen MR) is 126 cm³/mol. The number of ether oxygens (including phenoxy) is 1. The minimum atomic E-state index is -0.710. The van der Waals surface area contributed by atoms with Gasteiger partial charge in [-0.05, 0) is 72.7 Å². The number of aliphatic hydroxyl groups is 1. The fourth-order valence-electron chi connectivity index (χ4n) is 4.16. The van der Waals surface area contributed by atoms with Crippen LogP contribution >= 0.6 is 11.3 Å². The van der Waals surface area contributed by atoms with Gasteiger partial charge in [-0.15, -0.1) is 11.3 Å². The van der Waals surface area contributed by atoms with Crippen LogP contribution in [0.2, 0.25) is 0 Å². The van der Waals surface area contributed by atoms with E-state index in [1.807, 2.05) is 31.4 Å². The van der Waals surface area contributed by atoms with E-state index in [0.717, 1.165) is 21.6 Å². The molecule has 2 aromatic carbocycles. The molecule has 1 N–H and O–H groups in total. The van der Waals surface area contributed by atoms with E-state index >= 15 is 0 Å². The molecule has 5 nitrogen and oxygen atoms in total. The van der Waals surface area contributed by atoms with E-state index in [9.17, 15) is 19.1 Å². The molecular weight excluding hydrogens is 441 g/mol. The van der Waals surface area contributed by atoms with Crippen LogP contribution in [0.4, 0.5) is 4.39 Å². The minimum Gasteiger partial charge on any atom is -0.507 e. The molecule has 4 rings (SSSR count). The molecule has 1 aliphatic rings. The number of methoxy groups -OCH3 is 1. The number of aliphatic hydroxyl groups excluding tert-OH is 1. The number of likely N-dealkylation sites (tertiary alicyclic amines) is 1. The number of nitrogens with zero attached hydrogens (tertiary/aromatic N) is 1. The summed E-state index contributed by atoms with van der Waals surface area (Å²) in [7, 11) is 1.57. The first-order chi connectivity index (χ1) is 15.8. The number of hydrogen-bond donors (Lipinski definition) is 1. The highest BCUT2D eigenvalue weighted by molar-refractivity contribution is 7.10. The number of ketones is 1. The van der Waals surface area contributed by atoms with Crippen molar-refractivity contribution in [2.45, 2.75) is 26.3 Å². The smallest absolute Gasteiger partial charge is 0.295 e. The van der Waals surface area contributed by atoms with Crippen LogP contribution in [0.25, 0.3) is 5.76 Å². The second kappa shape index (κ2) is 9.19. The van der Waals surface area contributed by atoms with E-state index in [4.69, 9.17) is 4.74 Å². The summed E-state index contributed by atoms with van der Waals surface area (Å²) in [5.41, 5.74) is 2.96. The highest BCUT2D eigenvalue weighted by Gasteiger charge is 2.46. The maximum atomic E-state index is 13.2. The van der Waals surface area contributed by atoms with E-state index in [-0.39, 0.29) is 23.7 Å². The maximum Gasteiger partial charge on any atom is 0.295 e. The number of rotatable bonds is 6. The first kappa shape index (κ1) is 22.7. The topological polar surface area (TPSA) is 66.8 Å². The molecule has 1 aliphatic heterocycles. The largest absolute Gasteiger partial charge is 0.507 e. The lowest BCUT2D eigenvalue weighted by molar-refractivity contribution is -0.139. The molecule has 1 saturated heterocycles. The molecular formula is C26H24FNO4S. The Morgan fingerprint density at radius 3 is 2.48 bits per heavy atom. The molecule has 2 heterocycles. The molecule has 33 heavy (non-hydrogen) atoms. The molecule has 3 aromatic rings. The number of amides is 1. The second-order valence-corrected chi connectivity index (χ2v) is 9.00. The van der Waals surface area contributed by atoms with Crippen LogP contribution in [0.15, 0.2) is 59.5 Å². The van der Waals surface area contributed by atoms with Crippen molar-refractivity contribution in [1.82, 2.24) is 4.90 Å². The van der Waals surface area contributed by atoms with Gasteiger partial charge < -0.3 is 14.7 Å². The first-order valence-electron chi connectivity index (χ1n) is 10.5. The van der Waals surface area contributed by atoms with Gasteiger partial charge in [0.1, 0.15) is 17.3 Å². The molecule has 7 heteroatoms. The highest BCUT2D eigenvalue weighted by Crippen LogP contribution is 2.42. The first-order valence-corrected chi connectivity index (χ1v) is 11.4. The molecule has 0 spiro atoms. The molecule has 1 fully saturated rings. The van der Waals surface area contributed by atoms with Crippen molar-refractivity contribution in [3.63, 3.8) is 0 Å². The number of aryl methyl sites for hydroxylation is 2. The lowest BCUT2D eigenvalue weighted by Crippen LogP contribution is -2.31. The van der Waals surface area contributed by atoms with Crippen LogP contribution in [0.5, 0.6) is 5.75 Å². The summed E-state index contributed by atoms with van der Waals surface area (Å²) in [5.74, 6) is -1.21. The lowest BCUT2D eigenvalue weighted by Gasteiger charge is -2.24. The molecule has 0 saturated carbocycles. The van der Waals surface area contributed by atoms with Crippen molar-refractivity contribution in [1.29, 1.82) is 0 Å². The van der Waals surface area contributed by atoms with Crippen molar-refractivity contribution in [3.05, 3.63) is 92.4 Å². The van der Waals surface area contributed by atoms with E-state index in [1.54, 1.807) is 31.4 Å². The van der Waals surface area contributed by atoms with Gasteiger partial charge in [-0.2, -0.15) is 0 Å². The summed E-state index contributed by atoms with van der Waals surface area (Å²) in [6.45, 7) is 3.94.